The maximum absolute atomic E-state index is 3.66. The van der Waals surface area contributed by atoms with E-state index in [1.54, 1.807) is 0 Å². The molecule has 0 bridgehead atoms. The zero-order valence-electron chi connectivity index (χ0n) is 12.4. The number of nitrogens with one attached hydrogen (secondary N) is 2. The van der Waals surface area contributed by atoms with Gasteiger partial charge in [-0.1, -0.05) is 36.2 Å². The average molecular weight is 260 g/mol. The number of hydrogen-bond acceptors (Lipinski definition) is 2. The number of hydrogen-bond donors (Lipinski definition) is 2. The number of aryl methyl sites for hydroxylation is 1. The molecule has 1 saturated heterocycles. The lowest BCUT2D eigenvalue weighted by Gasteiger charge is -2.26. The molecule has 0 spiro atoms. The third kappa shape index (κ3) is 5.33. The molecule has 2 atom stereocenters. The predicted octanol–water partition coefficient (Wildman–Crippen LogP) is 3.05. The minimum Gasteiger partial charge on any atom is -0.314 e. The van der Waals surface area contributed by atoms with E-state index >= 15 is 0 Å². The lowest BCUT2D eigenvalue weighted by atomic mass is 9.98. The van der Waals surface area contributed by atoms with Gasteiger partial charge >= 0.3 is 0 Å². The van der Waals surface area contributed by atoms with Gasteiger partial charge in [-0.15, -0.1) is 0 Å². The maximum Gasteiger partial charge on any atom is 0.00817 e. The Morgan fingerprint density at radius 3 is 3.00 bits per heavy atom. The molecule has 2 N–H and O–H groups in total. The van der Waals surface area contributed by atoms with Gasteiger partial charge in [-0.25, -0.2) is 0 Å². The summed E-state index contributed by atoms with van der Waals surface area (Å²) >= 11 is 0. The Labute approximate surface area is 118 Å². The molecule has 1 heterocycles. The zero-order valence-corrected chi connectivity index (χ0v) is 12.4. The highest BCUT2D eigenvalue weighted by Crippen LogP contribution is 2.12. The fourth-order valence-corrected chi connectivity index (χ4v) is 2.97. The van der Waals surface area contributed by atoms with Crippen molar-refractivity contribution >= 4 is 0 Å². The first-order valence-corrected chi connectivity index (χ1v) is 7.76. The Hall–Kier alpha value is -0.860. The number of piperidine rings is 1. The van der Waals surface area contributed by atoms with Crippen LogP contribution >= 0.6 is 0 Å². The van der Waals surface area contributed by atoms with Crippen LogP contribution in [0.2, 0.25) is 0 Å². The standard InChI is InChI=1S/C17H28N2/c1-14-6-5-7-16(12-14)9-11-18-15(2)13-17-8-3-4-10-19-17/h5-7,12,15,17-19H,3-4,8-11,13H2,1-2H3. The van der Waals surface area contributed by atoms with Crippen LogP contribution in [0.1, 0.15) is 43.7 Å². The summed E-state index contributed by atoms with van der Waals surface area (Å²) in [6, 6.07) is 10.2. The highest BCUT2D eigenvalue weighted by Gasteiger charge is 2.15. The molecule has 106 valence electrons. The molecule has 0 aliphatic carbocycles. The van der Waals surface area contributed by atoms with E-state index in [-0.39, 0.29) is 0 Å². The van der Waals surface area contributed by atoms with Crippen molar-refractivity contribution in [3.63, 3.8) is 0 Å². The quantitative estimate of drug-likeness (QED) is 0.821. The van der Waals surface area contributed by atoms with Gasteiger partial charge in [0.2, 0.25) is 0 Å². The number of rotatable bonds is 6. The average Bonchev–Trinajstić information content (AvgIpc) is 2.40. The normalized spacial score (nSPS) is 21.3. The predicted molar refractivity (Wildman–Crippen MR) is 82.6 cm³/mol. The van der Waals surface area contributed by atoms with Gasteiger partial charge in [-0.2, -0.15) is 0 Å². The SMILES string of the molecule is Cc1cccc(CCNC(C)CC2CCCCN2)c1. The van der Waals surface area contributed by atoms with Crippen LogP contribution in [0.3, 0.4) is 0 Å². The van der Waals surface area contributed by atoms with E-state index in [1.807, 2.05) is 0 Å². The summed E-state index contributed by atoms with van der Waals surface area (Å²) in [4.78, 5) is 0. The molecule has 19 heavy (non-hydrogen) atoms. The highest BCUT2D eigenvalue weighted by atomic mass is 15.0. The van der Waals surface area contributed by atoms with Crippen molar-refractivity contribution in [1.29, 1.82) is 0 Å². The first kappa shape index (κ1) is 14.5. The summed E-state index contributed by atoms with van der Waals surface area (Å²) in [5, 5.41) is 7.28. The molecule has 1 aromatic carbocycles. The van der Waals surface area contributed by atoms with Crippen molar-refractivity contribution in [1.82, 2.24) is 10.6 Å². The van der Waals surface area contributed by atoms with Gasteiger partial charge in [-0.05, 0) is 58.2 Å². The van der Waals surface area contributed by atoms with Crippen LogP contribution in [0.4, 0.5) is 0 Å². The Morgan fingerprint density at radius 2 is 2.26 bits per heavy atom. The van der Waals surface area contributed by atoms with E-state index in [0.29, 0.717) is 6.04 Å². The van der Waals surface area contributed by atoms with Crippen molar-refractivity contribution in [3.8, 4) is 0 Å². The molecule has 1 aliphatic heterocycles. The molecule has 0 saturated carbocycles. The van der Waals surface area contributed by atoms with Gasteiger partial charge < -0.3 is 10.6 Å². The summed E-state index contributed by atoms with van der Waals surface area (Å²) in [6.07, 6.45) is 6.49. The first-order valence-electron chi connectivity index (χ1n) is 7.76. The summed E-state index contributed by atoms with van der Waals surface area (Å²) < 4.78 is 0. The molecule has 0 radical (unpaired) electrons. The lowest BCUT2D eigenvalue weighted by Crippen LogP contribution is -2.40. The van der Waals surface area contributed by atoms with Crippen molar-refractivity contribution < 1.29 is 0 Å². The fraction of sp³-hybridized carbons (Fsp3) is 0.647. The van der Waals surface area contributed by atoms with Gasteiger partial charge in [0.15, 0.2) is 0 Å². The van der Waals surface area contributed by atoms with E-state index in [9.17, 15) is 0 Å². The van der Waals surface area contributed by atoms with Crippen LogP contribution in [0.15, 0.2) is 24.3 Å². The first-order chi connectivity index (χ1) is 9.24. The summed E-state index contributed by atoms with van der Waals surface area (Å²) in [6.45, 7) is 6.76. The molecule has 1 aromatic rings. The Morgan fingerprint density at radius 1 is 1.37 bits per heavy atom. The number of benzene rings is 1. The smallest absolute Gasteiger partial charge is 0.00817 e. The molecular weight excluding hydrogens is 232 g/mol. The third-order valence-electron chi connectivity index (χ3n) is 4.04. The van der Waals surface area contributed by atoms with E-state index in [2.05, 4.69) is 48.7 Å². The van der Waals surface area contributed by atoms with Crippen molar-refractivity contribution in [2.45, 2.75) is 58.0 Å². The van der Waals surface area contributed by atoms with Crippen LogP contribution < -0.4 is 10.6 Å². The Kier molecular flexibility index (Phi) is 5.87. The Bertz CT molecular complexity index is 369. The van der Waals surface area contributed by atoms with Gasteiger partial charge in [0.1, 0.15) is 0 Å². The van der Waals surface area contributed by atoms with Gasteiger partial charge in [0.25, 0.3) is 0 Å². The second-order valence-corrected chi connectivity index (χ2v) is 5.98. The van der Waals surface area contributed by atoms with Crippen molar-refractivity contribution in [2.75, 3.05) is 13.1 Å². The maximum atomic E-state index is 3.66. The van der Waals surface area contributed by atoms with E-state index in [4.69, 9.17) is 0 Å². The molecular formula is C17H28N2. The van der Waals surface area contributed by atoms with Gasteiger partial charge in [0.05, 0.1) is 0 Å². The van der Waals surface area contributed by atoms with Crippen molar-refractivity contribution in [3.05, 3.63) is 35.4 Å². The minimum atomic E-state index is 0.611. The molecule has 2 rings (SSSR count). The highest BCUT2D eigenvalue weighted by molar-refractivity contribution is 5.22. The molecule has 1 fully saturated rings. The molecule has 2 heteroatoms. The molecule has 1 aliphatic rings. The second-order valence-electron chi connectivity index (χ2n) is 5.98. The van der Waals surface area contributed by atoms with Crippen molar-refractivity contribution in [2.24, 2.45) is 0 Å². The van der Waals surface area contributed by atoms with E-state index in [1.165, 1.54) is 43.4 Å². The van der Waals surface area contributed by atoms with Crippen LogP contribution in [0, 0.1) is 6.92 Å². The summed E-state index contributed by atoms with van der Waals surface area (Å²) in [5.41, 5.74) is 2.80. The largest absolute Gasteiger partial charge is 0.314 e. The van der Waals surface area contributed by atoms with Gasteiger partial charge in [0, 0.05) is 12.1 Å². The molecule has 2 unspecified atom stereocenters. The summed E-state index contributed by atoms with van der Waals surface area (Å²) in [7, 11) is 0. The van der Waals surface area contributed by atoms with Crippen LogP contribution in [-0.4, -0.2) is 25.2 Å². The second kappa shape index (κ2) is 7.66. The van der Waals surface area contributed by atoms with Gasteiger partial charge in [-0.3, -0.25) is 0 Å². The summed E-state index contributed by atoms with van der Waals surface area (Å²) in [5.74, 6) is 0. The Balaban J connectivity index is 1.64. The van der Waals surface area contributed by atoms with E-state index < -0.39 is 0 Å². The van der Waals surface area contributed by atoms with Crippen LogP contribution in [0.25, 0.3) is 0 Å². The minimum absolute atomic E-state index is 0.611. The molecule has 2 nitrogen and oxygen atoms in total. The molecule has 0 aromatic heterocycles. The molecule has 0 amide bonds. The lowest BCUT2D eigenvalue weighted by molar-refractivity contribution is 0.346. The van der Waals surface area contributed by atoms with Crippen LogP contribution in [0.5, 0.6) is 0 Å². The zero-order chi connectivity index (χ0) is 13.5. The topological polar surface area (TPSA) is 24.1 Å². The van der Waals surface area contributed by atoms with E-state index in [0.717, 1.165) is 19.0 Å². The third-order valence-corrected chi connectivity index (χ3v) is 4.04. The fourth-order valence-electron chi connectivity index (χ4n) is 2.97. The monoisotopic (exact) mass is 260 g/mol. The van der Waals surface area contributed by atoms with Crippen LogP contribution in [-0.2, 0) is 6.42 Å².